The zero-order chi connectivity index (χ0) is 14.6. The third-order valence-electron chi connectivity index (χ3n) is 3.46. The Morgan fingerprint density at radius 3 is 2.58 bits per heavy atom. The van der Waals surface area contributed by atoms with Gasteiger partial charge >= 0.3 is 5.97 Å². The summed E-state index contributed by atoms with van der Waals surface area (Å²) in [4.78, 5) is 11.4. The van der Waals surface area contributed by atoms with Gasteiger partial charge in [0.05, 0.1) is 13.5 Å². The van der Waals surface area contributed by atoms with Crippen LogP contribution in [-0.4, -0.2) is 13.1 Å². The molecule has 0 aliphatic rings. The van der Waals surface area contributed by atoms with E-state index >= 15 is 0 Å². The fourth-order valence-electron chi connectivity index (χ4n) is 2.40. The molecule has 0 bridgehead atoms. The molecule has 0 radical (unpaired) electrons. The van der Waals surface area contributed by atoms with Gasteiger partial charge in [0.2, 0.25) is 0 Å². The van der Waals surface area contributed by atoms with E-state index in [-0.39, 0.29) is 17.4 Å². The second-order valence-electron chi connectivity index (χ2n) is 6.09. The van der Waals surface area contributed by atoms with Crippen molar-refractivity contribution in [1.29, 1.82) is 0 Å². The number of aryl methyl sites for hydroxylation is 2. The summed E-state index contributed by atoms with van der Waals surface area (Å²) in [5.74, 6) is -0.182. The number of benzene rings is 1. The van der Waals surface area contributed by atoms with Crippen molar-refractivity contribution < 1.29 is 9.53 Å². The van der Waals surface area contributed by atoms with Crippen molar-refractivity contribution >= 4 is 5.97 Å². The summed E-state index contributed by atoms with van der Waals surface area (Å²) in [5, 5.41) is 0. The number of carbonyl (C=O) groups excluding carboxylic acids is 1. The Morgan fingerprint density at radius 2 is 2.00 bits per heavy atom. The molecule has 0 amide bonds. The van der Waals surface area contributed by atoms with Crippen LogP contribution in [0.3, 0.4) is 0 Å². The van der Waals surface area contributed by atoms with Crippen LogP contribution in [0.2, 0.25) is 0 Å². The van der Waals surface area contributed by atoms with Gasteiger partial charge < -0.3 is 10.5 Å². The van der Waals surface area contributed by atoms with Gasteiger partial charge in [-0.25, -0.2) is 0 Å². The van der Waals surface area contributed by atoms with Gasteiger partial charge in [0.15, 0.2) is 0 Å². The quantitative estimate of drug-likeness (QED) is 0.829. The first-order valence-electron chi connectivity index (χ1n) is 6.65. The van der Waals surface area contributed by atoms with Crippen molar-refractivity contribution in [2.24, 2.45) is 11.1 Å². The van der Waals surface area contributed by atoms with E-state index in [1.54, 1.807) is 0 Å². The van der Waals surface area contributed by atoms with Crippen LogP contribution in [0.1, 0.15) is 49.4 Å². The van der Waals surface area contributed by atoms with Gasteiger partial charge in [-0.05, 0) is 36.8 Å². The number of methoxy groups -OCH3 is 1. The summed E-state index contributed by atoms with van der Waals surface area (Å²) in [7, 11) is 1.42. The van der Waals surface area contributed by atoms with Gasteiger partial charge in [-0.3, -0.25) is 4.79 Å². The molecule has 0 saturated heterocycles. The Hall–Kier alpha value is -1.35. The van der Waals surface area contributed by atoms with Gasteiger partial charge in [0.25, 0.3) is 0 Å². The molecular formula is C16H25NO2. The topological polar surface area (TPSA) is 52.3 Å². The molecule has 1 aromatic rings. The number of rotatable bonds is 5. The molecule has 1 rings (SSSR count). The molecule has 1 aromatic carbocycles. The monoisotopic (exact) mass is 263 g/mol. The molecule has 1 atom stereocenters. The molecule has 0 spiro atoms. The normalized spacial score (nSPS) is 13.2. The molecule has 19 heavy (non-hydrogen) atoms. The average Bonchev–Trinajstić information content (AvgIpc) is 2.30. The molecule has 106 valence electrons. The van der Waals surface area contributed by atoms with Crippen LogP contribution in [0.25, 0.3) is 0 Å². The molecular weight excluding hydrogens is 238 g/mol. The van der Waals surface area contributed by atoms with E-state index in [4.69, 9.17) is 10.5 Å². The standard InChI is InChI=1S/C16H25NO2/c1-11-6-7-12(2)13(8-11)14(17)9-16(3,4)10-15(18)19-5/h6-8,14H,9-10,17H2,1-5H3. The third-order valence-corrected chi connectivity index (χ3v) is 3.46. The lowest BCUT2D eigenvalue weighted by Crippen LogP contribution is -2.25. The minimum absolute atomic E-state index is 0.0560. The highest BCUT2D eigenvalue weighted by atomic mass is 16.5. The molecule has 0 aromatic heterocycles. The van der Waals surface area contributed by atoms with Crippen molar-refractivity contribution in [2.75, 3.05) is 7.11 Å². The van der Waals surface area contributed by atoms with Crippen LogP contribution in [0.4, 0.5) is 0 Å². The van der Waals surface area contributed by atoms with Gasteiger partial charge in [-0.15, -0.1) is 0 Å². The largest absolute Gasteiger partial charge is 0.469 e. The second-order valence-corrected chi connectivity index (χ2v) is 6.09. The highest BCUT2D eigenvalue weighted by Gasteiger charge is 2.26. The molecule has 1 unspecified atom stereocenters. The Labute approximate surface area is 116 Å². The molecule has 3 heteroatoms. The molecule has 0 fully saturated rings. The SMILES string of the molecule is COC(=O)CC(C)(C)CC(N)c1cc(C)ccc1C. The zero-order valence-corrected chi connectivity index (χ0v) is 12.6. The number of carbonyl (C=O) groups is 1. The Kier molecular flexibility index (Phi) is 5.12. The van der Waals surface area contributed by atoms with Crippen LogP contribution in [0, 0.1) is 19.3 Å². The van der Waals surface area contributed by atoms with Crippen molar-refractivity contribution in [3.8, 4) is 0 Å². The van der Waals surface area contributed by atoms with Crippen LogP contribution in [0.5, 0.6) is 0 Å². The van der Waals surface area contributed by atoms with Gasteiger partial charge in [0, 0.05) is 6.04 Å². The molecule has 0 aliphatic heterocycles. The van der Waals surface area contributed by atoms with E-state index in [0.29, 0.717) is 6.42 Å². The van der Waals surface area contributed by atoms with Crippen molar-refractivity contribution in [2.45, 2.75) is 46.6 Å². The van der Waals surface area contributed by atoms with Gasteiger partial charge in [-0.1, -0.05) is 37.6 Å². The summed E-state index contributed by atoms with van der Waals surface area (Å²) in [6.45, 7) is 8.24. The average molecular weight is 263 g/mol. The van der Waals surface area contributed by atoms with Crippen molar-refractivity contribution in [3.05, 3.63) is 34.9 Å². The predicted octanol–water partition coefficient (Wildman–Crippen LogP) is 3.28. The van der Waals surface area contributed by atoms with E-state index < -0.39 is 0 Å². The van der Waals surface area contributed by atoms with Crippen molar-refractivity contribution in [3.63, 3.8) is 0 Å². The molecule has 0 saturated carbocycles. The van der Waals surface area contributed by atoms with Gasteiger partial charge in [0.1, 0.15) is 0 Å². The predicted molar refractivity (Wildman–Crippen MR) is 77.9 cm³/mol. The number of esters is 1. The van der Waals surface area contributed by atoms with Crippen molar-refractivity contribution in [1.82, 2.24) is 0 Å². The first-order valence-corrected chi connectivity index (χ1v) is 6.65. The highest BCUT2D eigenvalue weighted by Crippen LogP contribution is 2.33. The minimum Gasteiger partial charge on any atom is -0.469 e. The Morgan fingerprint density at radius 1 is 1.37 bits per heavy atom. The highest BCUT2D eigenvalue weighted by molar-refractivity contribution is 5.69. The maximum Gasteiger partial charge on any atom is 0.306 e. The second kappa shape index (κ2) is 6.20. The van der Waals surface area contributed by atoms with Crippen LogP contribution >= 0.6 is 0 Å². The summed E-state index contributed by atoms with van der Waals surface area (Å²) in [5.41, 5.74) is 9.73. The lowest BCUT2D eigenvalue weighted by molar-refractivity contribution is -0.143. The molecule has 0 aliphatic carbocycles. The molecule has 3 nitrogen and oxygen atoms in total. The maximum absolute atomic E-state index is 11.4. The maximum atomic E-state index is 11.4. The number of ether oxygens (including phenoxy) is 1. The zero-order valence-electron chi connectivity index (χ0n) is 12.6. The number of hydrogen-bond acceptors (Lipinski definition) is 3. The fraction of sp³-hybridized carbons (Fsp3) is 0.562. The van der Waals surface area contributed by atoms with Gasteiger partial charge in [-0.2, -0.15) is 0 Å². The van der Waals surface area contributed by atoms with Crippen LogP contribution < -0.4 is 5.73 Å². The van der Waals surface area contributed by atoms with E-state index in [0.717, 1.165) is 12.0 Å². The van der Waals surface area contributed by atoms with E-state index in [9.17, 15) is 4.79 Å². The summed E-state index contributed by atoms with van der Waals surface area (Å²) >= 11 is 0. The summed E-state index contributed by atoms with van der Waals surface area (Å²) in [6, 6.07) is 6.26. The summed E-state index contributed by atoms with van der Waals surface area (Å²) in [6.07, 6.45) is 1.15. The van der Waals surface area contributed by atoms with E-state index in [1.807, 2.05) is 0 Å². The van der Waals surface area contributed by atoms with E-state index in [1.165, 1.54) is 18.2 Å². The molecule has 2 N–H and O–H groups in total. The summed E-state index contributed by atoms with van der Waals surface area (Å²) < 4.78 is 4.74. The Balaban J connectivity index is 2.81. The minimum atomic E-state index is -0.182. The van der Waals surface area contributed by atoms with Crippen LogP contribution in [0.15, 0.2) is 18.2 Å². The van der Waals surface area contributed by atoms with Crippen LogP contribution in [-0.2, 0) is 9.53 Å². The number of hydrogen-bond donors (Lipinski definition) is 1. The first kappa shape index (κ1) is 15.7. The number of nitrogens with two attached hydrogens (primary N) is 1. The first-order chi connectivity index (χ1) is 8.75. The molecule has 0 heterocycles. The lowest BCUT2D eigenvalue weighted by Gasteiger charge is -2.28. The smallest absolute Gasteiger partial charge is 0.306 e. The van der Waals surface area contributed by atoms with E-state index in [2.05, 4.69) is 45.9 Å². The Bertz CT molecular complexity index is 452. The third kappa shape index (κ3) is 4.67. The fourth-order valence-corrected chi connectivity index (χ4v) is 2.40. The lowest BCUT2D eigenvalue weighted by atomic mass is 9.80.